The van der Waals surface area contributed by atoms with Crippen molar-refractivity contribution in [3.63, 3.8) is 0 Å². The highest BCUT2D eigenvalue weighted by Crippen LogP contribution is 2.12. The predicted molar refractivity (Wildman–Crippen MR) is 62.6 cm³/mol. The molecule has 16 heavy (non-hydrogen) atoms. The average Bonchev–Trinajstić information content (AvgIpc) is 2.22. The zero-order valence-electron chi connectivity index (χ0n) is 9.95. The first kappa shape index (κ1) is 12.3. The van der Waals surface area contributed by atoms with Crippen molar-refractivity contribution in [1.29, 1.82) is 5.26 Å². The molecule has 1 amide bonds. The van der Waals surface area contributed by atoms with E-state index in [1.165, 1.54) is 11.1 Å². The summed E-state index contributed by atoms with van der Waals surface area (Å²) in [7, 11) is 1.72. The molecule has 0 atom stereocenters. The summed E-state index contributed by atoms with van der Waals surface area (Å²) in [6, 6.07) is 8.02. The predicted octanol–water partition coefficient (Wildman–Crippen LogP) is 2.18. The van der Waals surface area contributed by atoms with Crippen LogP contribution in [0.5, 0.6) is 0 Å². The van der Waals surface area contributed by atoms with E-state index in [9.17, 15) is 4.79 Å². The van der Waals surface area contributed by atoms with E-state index in [0.717, 1.165) is 5.56 Å². The molecule has 0 radical (unpaired) electrons. The Bertz CT molecular complexity index is 432. The van der Waals surface area contributed by atoms with Gasteiger partial charge in [0.15, 0.2) is 0 Å². The van der Waals surface area contributed by atoms with Crippen LogP contribution in [0.25, 0.3) is 0 Å². The quantitative estimate of drug-likeness (QED) is 0.777. The fraction of sp³-hybridized carbons (Fsp3) is 0.385. The van der Waals surface area contributed by atoms with Crippen LogP contribution >= 0.6 is 0 Å². The zero-order valence-corrected chi connectivity index (χ0v) is 9.95. The van der Waals surface area contributed by atoms with E-state index in [-0.39, 0.29) is 12.3 Å². The number of nitriles is 1. The van der Waals surface area contributed by atoms with Gasteiger partial charge in [-0.15, -0.1) is 0 Å². The highest BCUT2D eigenvalue weighted by molar-refractivity contribution is 5.77. The largest absolute Gasteiger partial charge is 0.341 e. The van der Waals surface area contributed by atoms with Crippen LogP contribution < -0.4 is 0 Å². The van der Waals surface area contributed by atoms with Crippen LogP contribution in [-0.2, 0) is 11.3 Å². The molecule has 0 heterocycles. The van der Waals surface area contributed by atoms with Crippen molar-refractivity contribution in [2.75, 3.05) is 7.05 Å². The number of nitrogens with zero attached hydrogens (tertiary/aromatic N) is 2. The molecule has 0 unspecified atom stereocenters. The number of carbonyl (C=O) groups excluding carboxylic acids is 1. The number of rotatable bonds is 3. The van der Waals surface area contributed by atoms with Gasteiger partial charge in [-0.25, -0.2) is 0 Å². The van der Waals surface area contributed by atoms with Gasteiger partial charge in [-0.2, -0.15) is 5.26 Å². The van der Waals surface area contributed by atoms with Gasteiger partial charge < -0.3 is 4.90 Å². The third kappa shape index (κ3) is 3.09. The summed E-state index contributed by atoms with van der Waals surface area (Å²) >= 11 is 0. The van der Waals surface area contributed by atoms with Crippen molar-refractivity contribution < 1.29 is 4.79 Å². The van der Waals surface area contributed by atoms with Crippen LogP contribution in [-0.4, -0.2) is 17.9 Å². The fourth-order valence-electron chi connectivity index (χ4n) is 1.57. The van der Waals surface area contributed by atoms with Gasteiger partial charge >= 0.3 is 0 Å². The van der Waals surface area contributed by atoms with Crippen molar-refractivity contribution in [2.24, 2.45) is 0 Å². The summed E-state index contributed by atoms with van der Waals surface area (Å²) in [6.45, 7) is 4.64. The van der Waals surface area contributed by atoms with E-state index in [0.29, 0.717) is 6.54 Å². The highest BCUT2D eigenvalue weighted by atomic mass is 16.2. The number of amides is 1. The molecule has 3 heteroatoms. The number of hydrogen-bond acceptors (Lipinski definition) is 2. The molecule has 0 N–H and O–H groups in total. The normalized spacial score (nSPS) is 9.62. The highest BCUT2D eigenvalue weighted by Gasteiger charge is 2.09. The summed E-state index contributed by atoms with van der Waals surface area (Å²) < 4.78 is 0. The third-order valence-corrected chi connectivity index (χ3v) is 2.56. The maximum Gasteiger partial charge on any atom is 0.236 e. The summed E-state index contributed by atoms with van der Waals surface area (Å²) in [4.78, 5) is 13.0. The smallest absolute Gasteiger partial charge is 0.236 e. The first-order valence-electron chi connectivity index (χ1n) is 5.21. The second-order valence-corrected chi connectivity index (χ2v) is 4.01. The van der Waals surface area contributed by atoms with Crippen LogP contribution in [0.4, 0.5) is 0 Å². The van der Waals surface area contributed by atoms with E-state index in [1.54, 1.807) is 11.9 Å². The lowest BCUT2D eigenvalue weighted by Gasteiger charge is -2.17. The fourth-order valence-corrected chi connectivity index (χ4v) is 1.57. The molecule has 0 spiro atoms. The second-order valence-electron chi connectivity index (χ2n) is 4.01. The van der Waals surface area contributed by atoms with Crippen LogP contribution in [0.2, 0.25) is 0 Å². The van der Waals surface area contributed by atoms with Gasteiger partial charge in [-0.05, 0) is 25.0 Å². The topological polar surface area (TPSA) is 44.1 Å². The molecule has 0 saturated heterocycles. The van der Waals surface area contributed by atoms with Crippen molar-refractivity contribution >= 4 is 5.91 Å². The Morgan fingerprint density at radius 2 is 2.12 bits per heavy atom. The molecule has 1 rings (SSSR count). The van der Waals surface area contributed by atoms with Gasteiger partial charge in [-0.1, -0.05) is 23.8 Å². The summed E-state index contributed by atoms with van der Waals surface area (Å²) in [5, 5.41) is 8.45. The molecule has 84 valence electrons. The second kappa shape index (κ2) is 5.32. The minimum absolute atomic E-state index is 0.0542. The minimum atomic E-state index is -0.137. The monoisotopic (exact) mass is 216 g/mol. The number of aryl methyl sites for hydroxylation is 2. The SMILES string of the molecule is Cc1ccc(CN(C)C(=O)CC#N)c(C)c1. The maximum atomic E-state index is 11.4. The lowest BCUT2D eigenvalue weighted by molar-refractivity contribution is -0.129. The van der Waals surface area contributed by atoms with Gasteiger partial charge in [0.1, 0.15) is 6.42 Å². The molecule has 0 aromatic heterocycles. The Morgan fingerprint density at radius 1 is 1.44 bits per heavy atom. The Labute approximate surface area is 96.3 Å². The Hall–Kier alpha value is -1.82. The molecule has 1 aromatic carbocycles. The van der Waals surface area contributed by atoms with Crippen molar-refractivity contribution in [3.05, 3.63) is 34.9 Å². The van der Waals surface area contributed by atoms with E-state index < -0.39 is 0 Å². The summed E-state index contributed by atoms with van der Waals surface area (Å²) in [6.07, 6.45) is -0.0542. The molecule has 3 nitrogen and oxygen atoms in total. The van der Waals surface area contributed by atoms with Crippen LogP contribution in [0.1, 0.15) is 23.1 Å². The van der Waals surface area contributed by atoms with Crippen LogP contribution in [0, 0.1) is 25.2 Å². The first-order chi connectivity index (χ1) is 7.54. The number of hydrogen-bond donors (Lipinski definition) is 0. The molecule has 0 aliphatic carbocycles. The van der Waals surface area contributed by atoms with Crippen LogP contribution in [0.15, 0.2) is 18.2 Å². The molecule has 0 bridgehead atoms. The van der Waals surface area contributed by atoms with Gasteiger partial charge in [0, 0.05) is 13.6 Å². The van der Waals surface area contributed by atoms with Gasteiger partial charge in [0.25, 0.3) is 0 Å². The van der Waals surface area contributed by atoms with Gasteiger partial charge in [-0.3, -0.25) is 4.79 Å². The first-order valence-corrected chi connectivity index (χ1v) is 5.21. The van der Waals surface area contributed by atoms with Gasteiger partial charge in [0.05, 0.1) is 6.07 Å². The Balaban J connectivity index is 2.74. The zero-order chi connectivity index (χ0) is 12.1. The molecule has 1 aromatic rings. The summed E-state index contributed by atoms with van der Waals surface area (Å²) in [5.74, 6) is -0.137. The maximum absolute atomic E-state index is 11.4. The standard InChI is InChI=1S/C13H16N2O/c1-10-4-5-12(11(2)8-10)9-15(3)13(16)6-7-14/h4-5,8H,6,9H2,1-3H3. The van der Waals surface area contributed by atoms with Crippen molar-refractivity contribution in [1.82, 2.24) is 4.90 Å². The third-order valence-electron chi connectivity index (χ3n) is 2.56. The minimum Gasteiger partial charge on any atom is -0.341 e. The lowest BCUT2D eigenvalue weighted by Crippen LogP contribution is -2.25. The lowest BCUT2D eigenvalue weighted by atomic mass is 10.1. The van der Waals surface area contributed by atoms with Crippen molar-refractivity contribution in [2.45, 2.75) is 26.8 Å². The van der Waals surface area contributed by atoms with Crippen LogP contribution in [0.3, 0.4) is 0 Å². The van der Waals surface area contributed by atoms with Gasteiger partial charge in [0.2, 0.25) is 5.91 Å². The van der Waals surface area contributed by atoms with Crippen molar-refractivity contribution in [3.8, 4) is 6.07 Å². The van der Waals surface area contributed by atoms with E-state index in [1.807, 2.05) is 32.0 Å². The molecular formula is C13H16N2O. The molecule has 0 saturated carbocycles. The molecular weight excluding hydrogens is 200 g/mol. The molecule has 0 aliphatic rings. The Kier molecular flexibility index (Phi) is 4.07. The van der Waals surface area contributed by atoms with E-state index >= 15 is 0 Å². The van der Waals surface area contributed by atoms with E-state index in [4.69, 9.17) is 5.26 Å². The van der Waals surface area contributed by atoms with E-state index in [2.05, 4.69) is 6.07 Å². The number of benzene rings is 1. The molecule has 0 fully saturated rings. The Morgan fingerprint density at radius 3 is 2.69 bits per heavy atom. The molecule has 0 aliphatic heterocycles. The summed E-state index contributed by atoms with van der Waals surface area (Å²) in [5.41, 5.74) is 3.52. The number of carbonyl (C=O) groups is 1. The average molecular weight is 216 g/mol.